The molecule has 0 aliphatic carbocycles. The normalized spacial score (nSPS) is 18.2. The maximum absolute atomic E-state index is 13.1. The summed E-state index contributed by atoms with van der Waals surface area (Å²) in [5.41, 5.74) is 6.89. The van der Waals surface area contributed by atoms with Gasteiger partial charge in [-0.15, -0.1) is 0 Å². The molecule has 192 valence electrons. The molecule has 2 aromatic heterocycles. The zero-order valence-corrected chi connectivity index (χ0v) is 21.4. The van der Waals surface area contributed by atoms with Crippen LogP contribution in [-0.4, -0.2) is 50.0 Å². The topological polar surface area (TPSA) is 87.0 Å². The van der Waals surface area contributed by atoms with Gasteiger partial charge in [0, 0.05) is 31.1 Å². The molecule has 2 aliphatic rings. The van der Waals surface area contributed by atoms with Gasteiger partial charge in [0.2, 0.25) is 11.8 Å². The van der Waals surface area contributed by atoms with Gasteiger partial charge in [-0.1, -0.05) is 36.4 Å². The quantitative estimate of drug-likeness (QED) is 0.400. The highest BCUT2D eigenvalue weighted by Gasteiger charge is 2.39. The zero-order chi connectivity index (χ0) is 26.4. The number of hydrogen-bond donors (Lipinski definition) is 1. The standard InChI is InChI=1S/C30H29N5O3/c1-19(21-6-4-3-5-7-21)33(2)16-20-12-24-15-31-18-35(24)27(13-20)22-8-9-25-23(14-22)17-34(30(25)38)26-10-11-28(36)32-29(26)37/h3-9,12-15,18-19,26H,10-11,16-17H2,1-2H3,(H,32,36,37)/t19-,26?/m0/s1. The summed E-state index contributed by atoms with van der Waals surface area (Å²) in [7, 11) is 2.13. The summed E-state index contributed by atoms with van der Waals surface area (Å²) in [4.78, 5) is 45.4. The average molecular weight is 508 g/mol. The molecule has 38 heavy (non-hydrogen) atoms. The van der Waals surface area contributed by atoms with Gasteiger partial charge in [-0.05, 0) is 66.9 Å². The highest BCUT2D eigenvalue weighted by atomic mass is 16.2. The van der Waals surface area contributed by atoms with E-state index in [2.05, 4.69) is 70.0 Å². The van der Waals surface area contributed by atoms with Gasteiger partial charge in [0.15, 0.2) is 0 Å². The Kier molecular flexibility index (Phi) is 6.04. The van der Waals surface area contributed by atoms with Gasteiger partial charge in [-0.2, -0.15) is 0 Å². The Morgan fingerprint density at radius 2 is 1.89 bits per heavy atom. The molecule has 3 amide bonds. The Bertz CT molecular complexity index is 1560. The molecule has 4 heterocycles. The molecule has 2 atom stereocenters. The van der Waals surface area contributed by atoms with Gasteiger partial charge in [-0.25, -0.2) is 4.98 Å². The van der Waals surface area contributed by atoms with Crippen LogP contribution >= 0.6 is 0 Å². The van der Waals surface area contributed by atoms with Crippen molar-refractivity contribution in [1.29, 1.82) is 0 Å². The molecule has 8 nitrogen and oxygen atoms in total. The minimum Gasteiger partial charge on any atom is -0.322 e. The fourth-order valence-corrected chi connectivity index (χ4v) is 5.55. The van der Waals surface area contributed by atoms with Crippen LogP contribution in [-0.2, 0) is 22.7 Å². The number of aromatic nitrogens is 2. The number of pyridine rings is 1. The van der Waals surface area contributed by atoms with E-state index in [4.69, 9.17) is 0 Å². The van der Waals surface area contributed by atoms with Crippen molar-refractivity contribution in [2.24, 2.45) is 0 Å². The lowest BCUT2D eigenvalue weighted by molar-refractivity contribution is -0.136. The number of amides is 3. The number of piperidine rings is 1. The van der Waals surface area contributed by atoms with Gasteiger partial charge in [-0.3, -0.25) is 29.0 Å². The average Bonchev–Trinajstić information content (AvgIpc) is 3.52. The maximum atomic E-state index is 13.1. The number of rotatable bonds is 6. The lowest BCUT2D eigenvalue weighted by atomic mass is 10.0. The van der Waals surface area contributed by atoms with Crippen molar-refractivity contribution in [3.8, 4) is 11.3 Å². The Labute approximate surface area is 220 Å². The largest absolute Gasteiger partial charge is 0.322 e. The van der Waals surface area contributed by atoms with E-state index in [1.54, 1.807) is 11.2 Å². The van der Waals surface area contributed by atoms with Crippen LogP contribution in [0.3, 0.4) is 0 Å². The monoisotopic (exact) mass is 507 g/mol. The second-order valence-corrected chi connectivity index (χ2v) is 10.2. The summed E-state index contributed by atoms with van der Waals surface area (Å²) in [6.45, 7) is 3.31. The molecule has 0 saturated carbocycles. The molecule has 1 saturated heterocycles. The minimum absolute atomic E-state index is 0.167. The van der Waals surface area contributed by atoms with E-state index < -0.39 is 11.9 Å². The van der Waals surface area contributed by atoms with E-state index in [0.29, 0.717) is 18.5 Å². The molecule has 8 heteroatoms. The number of carbonyl (C=O) groups excluding carboxylic acids is 3. The van der Waals surface area contributed by atoms with Gasteiger partial charge in [0.05, 0.1) is 23.7 Å². The van der Waals surface area contributed by atoms with Crippen LogP contribution in [0.5, 0.6) is 0 Å². The van der Waals surface area contributed by atoms with E-state index in [9.17, 15) is 14.4 Å². The third-order valence-electron chi connectivity index (χ3n) is 7.78. The number of benzene rings is 2. The first-order chi connectivity index (χ1) is 18.4. The van der Waals surface area contributed by atoms with E-state index in [1.807, 2.05) is 30.5 Å². The van der Waals surface area contributed by atoms with Crippen LogP contribution < -0.4 is 5.32 Å². The highest BCUT2D eigenvalue weighted by Crippen LogP contribution is 2.32. The zero-order valence-electron chi connectivity index (χ0n) is 21.4. The van der Waals surface area contributed by atoms with Gasteiger partial charge >= 0.3 is 0 Å². The van der Waals surface area contributed by atoms with E-state index >= 15 is 0 Å². The second-order valence-electron chi connectivity index (χ2n) is 10.2. The number of carbonyl (C=O) groups is 3. The summed E-state index contributed by atoms with van der Waals surface area (Å²) in [5.74, 6) is -0.853. The van der Waals surface area contributed by atoms with Crippen molar-refractivity contribution in [1.82, 2.24) is 24.5 Å². The van der Waals surface area contributed by atoms with Crippen molar-refractivity contribution in [3.63, 3.8) is 0 Å². The smallest absolute Gasteiger partial charge is 0.255 e. The van der Waals surface area contributed by atoms with Crippen molar-refractivity contribution in [2.45, 2.75) is 44.9 Å². The summed E-state index contributed by atoms with van der Waals surface area (Å²) in [5, 5.41) is 2.36. The van der Waals surface area contributed by atoms with Crippen LogP contribution in [0.2, 0.25) is 0 Å². The molecule has 4 aromatic rings. The number of nitrogens with one attached hydrogen (secondary N) is 1. The lowest BCUT2D eigenvalue weighted by Crippen LogP contribution is -2.52. The molecule has 6 rings (SSSR count). The maximum Gasteiger partial charge on any atom is 0.255 e. The van der Waals surface area contributed by atoms with Crippen LogP contribution in [0, 0.1) is 0 Å². The summed E-state index contributed by atoms with van der Waals surface area (Å²) < 4.78 is 2.06. The minimum atomic E-state index is -0.623. The summed E-state index contributed by atoms with van der Waals surface area (Å²) in [6.07, 6.45) is 4.25. The molecule has 0 bridgehead atoms. The molecule has 1 N–H and O–H groups in total. The van der Waals surface area contributed by atoms with E-state index in [-0.39, 0.29) is 24.3 Å². The molecule has 2 aliphatic heterocycles. The first-order valence-corrected chi connectivity index (χ1v) is 12.9. The third kappa shape index (κ3) is 4.26. The van der Waals surface area contributed by atoms with Crippen LogP contribution in [0.15, 0.2) is 73.2 Å². The predicted octanol–water partition coefficient (Wildman–Crippen LogP) is 3.96. The SMILES string of the molecule is C[C@@H](c1ccccc1)N(C)Cc1cc(-c2ccc3c(c2)CN(C2CCC(=O)NC2=O)C3=O)n2cncc2c1. The predicted molar refractivity (Wildman–Crippen MR) is 143 cm³/mol. The van der Waals surface area contributed by atoms with Crippen molar-refractivity contribution >= 4 is 23.2 Å². The molecule has 0 spiro atoms. The first kappa shape index (κ1) is 24.1. The summed E-state index contributed by atoms with van der Waals surface area (Å²) >= 11 is 0. The van der Waals surface area contributed by atoms with E-state index in [1.165, 1.54) is 11.1 Å². The Morgan fingerprint density at radius 3 is 2.68 bits per heavy atom. The molecular weight excluding hydrogens is 478 g/mol. The van der Waals surface area contributed by atoms with E-state index in [0.717, 1.165) is 28.9 Å². The van der Waals surface area contributed by atoms with Crippen molar-refractivity contribution < 1.29 is 14.4 Å². The fraction of sp³-hybridized carbons (Fsp3) is 0.267. The molecule has 1 fully saturated rings. The third-order valence-corrected chi connectivity index (χ3v) is 7.78. The number of imide groups is 1. The number of imidazole rings is 1. The number of hydrogen-bond acceptors (Lipinski definition) is 5. The van der Waals surface area contributed by atoms with Crippen LogP contribution in [0.25, 0.3) is 16.8 Å². The second kappa shape index (κ2) is 9.54. The van der Waals surface area contributed by atoms with Crippen molar-refractivity contribution in [2.75, 3.05) is 7.05 Å². The fourth-order valence-electron chi connectivity index (χ4n) is 5.55. The Morgan fingerprint density at radius 1 is 1.08 bits per heavy atom. The number of fused-ring (bicyclic) bond motifs is 2. The number of nitrogens with zero attached hydrogens (tertiary/aromatic N) is 4. The van der Waals surface area contributed by atoms with Crippen molar-refractivity contribution in [3.05, 3.63) is 95.4 Å². The molecule has 1 unspecified atom stereocenters. The lowest BCUT2D eigenvalue weighted by Gasteiger charge is -2.29. The Hall–Kier alpha value is -4.30. The Balaban J connectivity index is 1.29. The molecular formula is C30H29N5O3. The first-order valence-electron chi connectivity index (χ1n) is 12.9. The van der Waals surface area contributed by atoms with Crippen LogP contribution in [0.4, 0.5) is 0 Å². The van der Waals surface area contributed by atoms with Gasteiger partial charge in [0.1, 0.15) is 6.04 Å². The van der Waals surface area contributed by atoms with Crippen LogP contribution in [0.1, 0.15) is 52.9 Å². The summed E-state index contributed by atoms with van der Waals surface area (Å²) in [6, 6.07) is 20.3. The van der Waals surface area contributed by atoms with Gasteiger partial charge < -0.3 is 4.90 Å². The molecule has 0 radical (unpaired) electrons. The van der Waals surface area contributed by atoms with Gasteiger partial charge in [0.25, 0.3) is 5.91 Å². The highest BCUT2D eigenvalue weighted by molar-refractivity contribution is 6.05. The molecule has 2 aromatic carbocycles.